The maximum Gasteiger partial charge on any atom is 0.293 e. The van der Waals surface area contributed by atoms with Crippen LogP contribution in [0.3, 0.4) is 0 Å². The zero-order valence-electron chi connectivity index (χ0n) is 11.8. The molecule has 22 heavy (non-hydrogen) atoms. The van der Waals surface area contributed by atoms with E-state index in [1.807, 2.05) is 6.07 Å². The molecule has 0 radical (unpaired) electrons. The molecule has 0 saturated carbocycles. The van der Waals surface area contributed by atoms with Crippen LogP contribution in [-0.4, -0.2) is 22.1 Å². The van der Waals surface area contributed by atoms with E-state index in [2.05, 4.69) is 5.32 Å². The first-order chi connectivity index (χ1) is 10.4. The summed E-state index contributed by atoms with van der Waals surface area (Å²) in [6.07, 6.45) is 1.98. The maximum absolute atomic E-state index is 12.0. The lowest BCUT2D eigenvalue weighted by atomic mass is 10.1. The van der Waals surface area contributed by atoms with Gasteiger partial charge in [0.25, 0.3) is 11.5 Å². The Morgan fingerprint density at radius 1 is 1.27 bits per heavy atom. The number of hydrogen-bond donors (Lipinski definition) is 2. The number of amides is 1. The molecule has 0 atom stereocenters. The van der Waals surface area contributed by atoms with Crippen LogP contribution in [0.4, 0.5) is 0 Å². The van der Waals surface area contributed by atoms with Crippen molar-refractivity contribution in [3.05, 3.63) is 62.0 Å². The average Bonchev–Trinajstić information content (AvgIpc) is 2.48. The van der Waals surface area contributed by atoms with Gasteiger partial charge in [0.2, 0.25) is 0 Å². The lowest BCUT2D eigenvalue weighted by Crippen LogP contribution is -2.28. The number of nitrogens with one attached hydrogen (secondary N) is 1. The first-order valence-electron chi connectivity index (χ1n) is 6.51. The van der Waals surface area contributed by atoms with Crippen LogP contribution in [0, 0.1) is 0 Å². The van der Waals surface area contributed by atoms with Gasteiger partial charge in [-0.25, -0.2) is 0 Å². The Kier molecular flexibility index (Phi) is 5.11. The molecule has 0 bridgehead atoms. The van der Waals surface area contributed by atoms with E-state index in [-0.39, 0.29) is 5.56 Å². The Labute approximate surface area is 137 Å². The molecule has 1 amide bonds. The Morgan fingerprint density at radius 2 is 2.00 bits per heavy atom. The van der Waals surface area contributed by atoms with E-state index < -0.39 is 17.2 Å². The third kappa shape index (κ3) is 3.61. The third-order valence-corrected chi connectivity index (χ3v) is 3.91. The van der Waals surface area contributed by atoms with Gasteiger partial charge in [0, 0.05) is 19.8 Å². The monoisotopic (exact) mass is 340 g/mol. The van der Waals surface area contributed by atoms with Gasteiger partial charge in [-0.3, -0.25) is 9.59 Å². The highest BCUT2D eigenvalue weighted by atomic mass is 35.5. The van der Waals surface area contributed by atoms with E-state index in [4.69, 9.17) is 23.2 Å². The number of rotatable bonds is 4. The number of hydrogen-bond acceptors (Lipinski definition) is 3. The first-order valence-corrected chi connectivity index (χ1v) is 7.26. The van der Waals surface area contributed by atoms with Crippen molar-refractivity contribution < 1.29 is 9.90 Å². The number of nitrogens with zero attached hydrogens (tertiary/aromatic N) is 1. The van der Waals surface area contributed by atoms with Crippen LogP contribution in [0.5, 0.6) is 5.75 Å². The summed E-state index contributed by atoms with van der Waals surface area (Å²) in [5, 5.41) is 13.3. The van der Waals surface area contributed by atoms with Crippen LogP contribution in [0.25, 0.3) is 0 Å². The number of pyridine rings is 1. The van der Waals surface area contributed by atoms with Gasteiger partial charge < -0.3 is 15.0 Å². The Hall–Kier alpha value is -1.98. The van der Waals surface area contributed by atoms with Crippen molar-refractivity contribution in [2.45, 2.75) is 6.42 Å². The van der Waals surface area contributed by atoms with Gasteiger partial charge >= 0.3 is 0 Å². The Balaban J connectivity index is 2.00. The van der Waals surface area contributed by atoms with Gasteiger partial charge in [-0.05, 0) is 30.2 Å². The molecule has 7 heteroatoms. The lowest BCUT2D eigenvalue weighted by Gasteiger charge is -2.08. The summed E-state index contributed by atoms with van der Waals surface area (Å²) in [5.74, 6) is -1.06. The summed E-state index contributed by atoms with van der Waals surface area (Å²) in [5.41, 5.74) is 0.261. The second kappa shape index (κ2) is 6.85. The molecular formula is C15H14Cl2N2O3. The van der Waals surface area contributed by atoms with Gasteiger partial charge in [-0.2, -0.15) is 0 Å². The van der Waals surface area contributed by atoms with Crippen molar-refractivity contribution in [3.8, 4) is 5.75 Å². The zero-order chi connectivity index (χ0) is 16.3. The molecule has 0 aliphatic rings. The lowest BCUT2D eigenvalue weighted by molar-refractivity contribution is 0.0951. The second-order valence-corrected chi connectivity index (χ2v) is 5.56. The van der Waals surface area contributed by atoms with E-state index in [0.29, 0.717) is 23.0 Å². The summed E-state index contributed by atoms with van der Waals surface area (Å²) < 4.78 is 1.20. The molecule has 0 aliphatic heterocycles. The van der Waals surface area contributed by atoms with E-state index in [9.17, 15) is 14.7 Å². The number of aryl methyl sites for hydroxylation is 1. The molecule has 2 aromatic rings. The Morgan fingerprint density at radius 3 is 2.68 bits per heavy atom. The fourth-order valence-corrected chi connectivity index (χ4v) is 2.23. The molecule has 0 spiro atoms. The summed E-state index contributed by atoms with van der Waals surface area (Å²) in [4.78, 5) is 23.5. The summed E-state index contributed by atoms with van der Waals surface area (Å²) >= 11 is 11.7. The van der Waals surface area contributed by atoms with E-state index in [0.717, 1.165) is 5.56 Å². The van der Waals surface area contributed by atoms with E-state index in [1.54, 1.807) is 12.1 Å². The highest BCUT2D eigenvalue weighted by Gasteiger charge is 2.14. The molecule has 1 aromatic heterocycles. The molecular weight excluding hydrogens is 327 g/mol. The molecule has 0 aliphatic carbocycles. The normalized spacial score (nSPS) is 10.5. The number of carbonyl (C=O) groups is 1. The van der Waals surface area contributed by atoms with Crippen molar-refractivity contribution in [1.29, 1.82) is 0 Å². The second-order valence-electron chi connectivity index (χ2n) is 4.75. The van der Waals surface area contributed by atoms with Crippen LogP contribution >= 0.6 is 23.2 Å². The fourth-order valence-electron chi connectivity index (χ4n) is 1.91. The minimum Gasteiger partial charge on any atom is -0.502 e. The molecule has 1 heterocycles. The third-order valence-electron chi connectivity index (χ3n) is 3.17. The highest BCUT2D eigenvalue weighted by Crippen LogP contribution is 2.22. The Bertz CT molecular complexity index is 772. The number of carbonyl (C=O) groups excluding carboxylic acids is 1. The van der Waals surface area contributed by atoms with Gasteiger partial charge in [0.1, 0.15) is 0 Å². The predicted molar refractivity (Wildman–Crippen MR) is 85.8 cm³/mol. The summed E-state index contributed by atoms with van der Waals surface area (Å²) in [7, 11) is 1.49. The summed E-state index contributed by atoms with van der Waals surface area (Å²) in [6, 6.07) is 6.63. The van der Waals surface area contributed by atoms with Crippen molar-refractivity contribution in [3.63, 3.8) is 0 Å². The highest BCUT2D eigenvalue weighted by molar-refractivity contribution is 6.42. The van der Waals surface area contributed by atoms with Crippen LogP contribution in [0.1, 0.15) is 15.9 Å². The van der Waals surface area contributed by atoms with Gasteiger partial charge in [-0.1, -0.05) is 29.3 Å². The first kappa shape index (κ1) is 16.4. The molecule has 116 valence electrons. The smallest absolute Gasteiger partial charge is 0.293 e. The SMILES string of the molecule is Cn1ccc(C(=O)NCCc2ccc(Cl)c(Cl)c2)c(O)c1=O. The van der Waals surface area contributed by atoms with Gasteiger partial charge in [0.15, 0.2) is 5.75 Å². The van der Waals surface area contributed by atoms with Crippen LogP contribution in [0.2, 0.25) is 10.0 Å². The van der Waals surface area contributed by atoms with E-state index in [1.165, 1.54) is 23.9 Å². The van der Waals surface area contributed by atoms with Crippen molar-refractivity contribution in [1.82, 2.24) is 9.88 Å². The number of aromatic hydroxyl groups is 1. The molecule has 2 rings (SSSR count). The minimum atomic E-state index is -0.614. The molecule has 0 fully saturated rings. The van der Waals surface area contributed by atoms with Crippen LogP contribution in [-0.2, 0) is 13.5 Å². The molecule has 2 N–H and O–H groups in total. The number of halogens is 2. The largest absolute Gasteiger partial charge is 0.502 e. The number of benzene rings is 1. The minimum absolute atomic E-state index is 0.0442. The van der Waals surface area contributed by atoms with Gasteiger partial charge in [0.05, 0.1) is 15.6 Å². The molecule has 0 unspecified atom stereocenters. The fraction of sp³-hybridized carbons (Fsp3) is 0.200. The molecule has 0 saturated heterocycles. The number of aromatic nitrogens is 1. The summed E-state index contributed by atoms with van der Waals surface area (Å²) in [6.45, 7) is 0.339. The van der Waals surface area contributed by atoms with Crippen molar-refractivity contribution in [2.75, 3.05) is 6.54 Å². The van der Waals surface area contributed by atoms with Crippen molar-refractivity contribution in [2.24, 2.45) is 7.05 Å². The molecule has 1 aromatic carbocycles. The van der Waals surface area contributed by atoms with Crippen LogP contribution < -0.4 is 10.9 Å². The zero-order valence-corrected chi connectivity index (χ0v) is 13.3. The average molecular weight is 341 g/mol. The maximum atomic E-state index is 12.0. The predicted octanol–water partition coefficient (Wildman–Crippen LogP) is 2.37. The quantitative estimate of drug-likeness (QED) is 0.897. The standard InChI is InChI=1S/C15H14Cl2N2O3/c1-19-7-5-10(13(20)15(19)22)14(21)18-6-4-9-2-3-11(16)12(17)8-9/h2-3,5,7-8,20H,4,6H2,1H3,(H,18,21). The van der Waals surface area contributed by atoms with E-state index >= 15 is 0 Å². The van der Waals surface area contributed by atoms with Gasteiger partial charge in [-0.15, -0.1) is 0 Å². The topological polar surface area (TPSA) is 71.3 Å². The van der Waals surface area contributed by atoms with Crippen LogP contribution in [0.15, 0.2) is 35.3 Å². The van der Waals surface area contributed by atoms with Crippen molar-refractivity contribution >= 4 is 29.1 Å². The molecule has 5 nitrogen and oxygen atoms in total.